The van der Waals surface area contributed by atoms with Crippen molar-refractivity contribution in [2.45, 2.75) is 32.6 Å². The van der Waals surface area contributed by atoms with E-state index in [0.717, 1.165) is 16.5 Å². The van der Waals surface area contributed by atoms with Gasteiger partial charge in [-0.15, -0.1) is 11.3 Å². The number of aryl methyl sites for hydroxylation is 1. The summed E-state index contributed by atoms with van der Waals surface area (Å²) in [4.78, 5) is 20.4. The molecule has 1 amide bonds. The maximum Gasteiger partial charge on any atom is 0.226 e. The van der Waals surface area contributed by atoms with E-state index in [1.54, 1.807) is 22.3 Å². The standard InChI is InChI=1S/C13H19N5OS/c1-9(2)13-16-10(7-20-13)6-12(19)14-5-4-11-15-8-18(3)17-11/h7-9H,4-6H2,1-3H3,(H,14,19). The van der Waals surface area contributed by atoms with Gasteiger partial charge >= 0.3 is 0 Å². The molecular formula is C13H19N5OS. The average molecular weight is 293 g/mol. The summed E-state index contributed by atoms with van der Waals surface area (Å²) >= 11 is 1.61. The van der Waals surface area contributed by atoms with Crippen LogP contribution >= 0.6 is 11.3 Å². The number of thiazole rings is 1. The first kappa shape index (κ1) is 14.6. The summed E-state index contributed by atoms with van der Waals surface area (Å²) in [7, 11) is 1.82. The van der Waals surface area contributed by atoms with Crippen LogP contribution in [0.1, 0.15) is 36.3 Å². The Hall–Kier alpha value is -1.76. The molecule has 0 saturated carbocycles. The lowest BCUT2D eigenvalue weighted by Gasteiger charge is -2.02. The number of rotatable bonds is 6. The molecule has 0 atom stereocenters. The number of carbonyl (C=O) groups is 1. The van der Waals surface area contributed by atoms with Crippen molar-refractivity contribution in [2.24, 2.45) is 7.05 Å². The van der Waals surface area contributed by atoms with Crippen molar-refractivity contribution in [3.05, 3.63) is 28.2 Å². The Kier molecular flexibility index (Phi) is 4.84. The summed E-state index contributed by atoms with van der Waals surface area (Å²) < 4.78 is 1.65. The Bertz CT molecular complexity index is 575. The molecule has 1 N–H and O–H groups in total. The molecule has 7 heteroatoms. The van der Waals surface area contributed by atoms with Crippen LogP contribution in [0.25, 0.3) is 0 Å². The molecule has 0 unspecified atom stereocenters. The van der Waals surface area contributed by atoms with Gasteiger partial charge < -0.3 is 5.32 Å². The van der Waals surface area contributed by atoms with Gasteiger partial charge in [0.15, 0.2) is 5.82 Å². The fraction of sp³-hybridized carbons (Fsp3) is 0.538. The van der Waals surface area contributed by atoms with Crippen molar-refractivity contribution in [1.29, 1.82) is 0 Å². The first-order chi connectivity index (χ1) is 9.54. The van der Waals surface area contributed by atoms with E-state index in [2.05, 4.69) is 34.2 Å². The van der Waals surface area contributed by atoms with Gasteiger partial charge in [0.1, 0.15) is 6.33 Å². The van der Waals surface area contributed by atoms with E-state index in [4.69, 9.17) is 0 Å². The highest BCUT2D eigenvalue weighted by molar-refractivity contribution is 7.09. The Labute approximate surface area is 122 Å². The third-order valence-corrected chi connectivity index (χ3v) is 3.92. The topological polar surface area (TPSA) is 72.7 Å². The van der Waals surface area contributed by atoms with Gasteiger partial charge in [0, 0.05) is 31.3 Å². The zero-order chi connectivity index (χ0) is 14.5. The minimum absolute atomic E-state index is 0.0125. The molecule has 0 bridgehead atoms. The third-order valence-electron chi connectivity index (χ3n) is 2.72. The minimum atomic E-state index is -0.0125. The fourth-order valence-corrected chi connectivity index (χ4v) is 2.54. The number of aromatic nitrogens is 4. The summed E-state index contributed by atoms with van der Waals surface area (Å²) in [6.45, 7) is 4.75. The van der Waals surface area contributed by atoms with Crippen molar-refractivity contribution < 1.29 is 4.79 Å². The van der Waals surface area contributed by atoms with E-state index in [-0.39, 0.29) is 5.91 Å². The van der Waals surface area contributed by atoms with Crippen LogP contribution < -0.4 is 5.32 Å². The zero-order valence-electron chi connectivity index (χ0n) is 12.0. The number of hydrogen-bond donors (Lipinski definition) is 1. The largest absolute Gasteiger partial charge is 0.355 e. The molecular weight excluding hydrogens is 274 g/mol. The fourth-order valence-electron chi connectivity index (χ4n) is 1.71. The molecule has 0 saturated heterocycles. The smallest absolute Gasteiger partial charge is 0.226 e. The van der Waals surface area contributed by atoms with Crippen LogP contribution in [0, 0.1) is 0 Å². The maximum absolute atomic E-state index is 11.8. The van der Waals surface area contributed by atoms with Crippen LogP contribution in [0.2, 0.25) is 0 Å². The van der Waals surface area contributed by atoms with Crippen molar-refractivity contribution in [3.8, 4) is 0 Å². The highest BCUT2D eigenvalue weighted by Gasteiger charge is 2.09. The number of hydrogen-bond acceptors (Lipinski definition) is 5. The lowest BCUT2D eigenvalue weighted by Crippen LogP contribution is -2.27. The maximum atomic E-state index is 11.8. The second-order valence-corrected chi connectivity index (χ2v) is 5.83. The average Bonchev–Trinajstić information content (AvgIpc) is 2.99. The molecule has 2 heterocycles. The summed E-state index contributed by atoms with van der Waals surface area (Å²) in [5.41, 5.74) is 0.840. The van der Waals surface area contributed by atoms with Crippen LogP contribution in [0.4, 0.5) is 0 Å². The molecule has 0 aliphatic carbocycles. The SMILES string of the molecule is CC(C)c1nc(CC(=O)NCCc2ncn(C)n2)cs1. The van der Waals surface area contributed by atoms with E-state index in [1.165, 1.54) is 0 Å². The van der Waals surface area contributed by atoms with Crippen molar-refractivity contribution in [3.63, 3.8) is 0 Å². The van der Waals surface area contributed by atoms with Crippen LogP contribution in [0.5, 0.6) is 0 Å². The van der Waals surface area contributed by atoms with E-state index in [1.807, 2.05) is 12.4 Å². The molecule has 0 fully saturated rings. The van der Waals surface area contributed by atoms with Gasteiger partial charge in [0.25, 0.3) is 0 Å². The Morgan fingerprint density at radius 3 is 2.90 bits per heavy atom. The third kappa shape index (κ3) is 4.12. The predicted octanol–water partition coefficient (Wildman–Crippen LogP) is 1.30. The van der Waals surface area contributed by atoms with E-state index in [9.17, 15) is 4.79 Å². The molecule has 2 aromatic rings. The Balaban J connectivity index is 1.74. The molecule has 108 valence electrons. The van der Waals surface area contributed by atoms with Crippen LogP contribution in [0.3, 0.4) is 0 Å². The summed E-state index contributed by atoms with van der Waals surface area (Å²) in [6.07, 6.45) is 2.62. The van der Waals surface area contributed by atoms with Crippen molar-refractivity contribution >= 4 is 17.2 Å². The molecule has 0 aliphatic rings. The molecule has 2 aromatic heterocycles. The van der Waals surface area contributed by atoms with E-state index in [0.29, 0.717) is 25.3 Å². The van der Waals surface area contributed by atoms with Crippen LogP contribution in [-0.2, 0) is 24.7 Å². The summed E-state index contributed by atoms with van der Waals surface area (Å²) in [5, 5.41) is 10.0. The molecule has 6 nitrogen and oxygen atoms in total. The Morgan fingerprint density at radius 1 is 1.50 bits per heavy atom. The normalized spacial score (nSPS) is 11.0. The van der Waals surface area contributed by atoms with Crippen LogP contribution in [-0.4, -0.2) is 32.2 Å². The highest BCUT2D eigenvalue weighted by Crippen LogP contribution is 2.19. The lowest BCUT2D eigenvalue weighted by atomic mass is 10.2. The lowest BCUT2D eigenvalue weighted by molar-refractivity contribution is -0.120. The molecule has 2 rings (SSSR count). The van der Waals surface area contributed by atoms with Gasteiger partial charge in [-0.05, 0) is 0 Å². The van der Waals surface area contributed by atoms with Gasteiger partial charge in [-0.2, -0.15) is 5.10 Å². The van der Waals surface area contributed by atoms with Gasteiger partial charge in [-0.25, -0.2) is 9.97 Å². The van der Waals surface area contributed by atoms with Crippen molar-refractivity contribution in [1.82, 2.24) is 25.1 Å². The van der Waals surface area contributed by atoms with Crippen molar-refractivity contribution in [2.75, 3.05) is 6.54 Å². The first-order valence-corrected chi connectivity index (χ1v) is 7.48. The number of nitrogens with zero attached hydrogens (tertiary/aromatic N) is 4. The Morgan fingerprint density at radius 2 is 2.30 bits per heavy atom. The highest BCUT2D eigenvalue weighted by atomic mass is 32.1. The molecule has 0 spiro atoms. The molecule has 20 heavy (non-hydrogen) atoms. The zero-order valence-corrected chi connectivity index (χ0v) is 12.8. The van der Waals surface area contributed by atoms with E-state index < -0.39 is 0 Å². The summed E-state index contributed by atoms with van der Waals surface area (Å²) in [5.74, 6) is 1.14. The second-order valence-electron chi connectivity index (χ2n) is 4.94. The molecule has 0 radical (unpaired) electrons. The second kappa shape index (κ2) is 6.60. The molecule has 0 aromatic carbocycles. The number of amides is 1. The molecule has 0 aliphatic heterocycles. The van der Waals surface area contributed by atoms with Gasteiger partial charge in [0.05, 0.1) is 17.1 Å². The predicted molar refractivity (Wildman–Crippen MR) is 77.6 cm³/mol. The van der Waals surface area contributed by atoms with E-state index >= 15 is 0 Å². The monoisotopic (exact) mass is 293 g/mol. The summed E-state index contributed by atoms with van der Waals surface area (Å²) in [6, 6.07) is 0. The quantitative estimate of drug-likeness (QED) is 0.871. The first-order valence-electron chi connectivity index (χ1n) is 6.60. The number of carbonyl (C=O) groups excluding carboxylic acids is 1. The van der Waals surface area contributed by atoms with Gasteiger partial charge in [-0.3, -0.25) is 9.48 Å². The number of nitrogens with one attached hydrogen (secondary N) is 1. The van der Waals surface area contributed by atoms with Gasteiger partial charge in [0.2, 0.25) is 5.91 Å². The van der Waals surface area contributed by atoms with Gasteiger partial charge in [-0.1, -0.05) is 13.8 Å². The van der Waals surface area contributed by atoms with Crippen LogP contribution in [0.15, 0.2) is 11.7 Å². The minimum Gasteiger partial charge on any atom is -0.355 e.